The summed E-state index contributed by atoms with van der Waals surface area (Å²) >= 11 is 0. The van der Waals surface area contributed by atoms with Crippen molar-refractivity contribution < 1.29 is 76.6 Å². The number of amides is 2. The Balaban J connectivity index is 2.48. The minimum absolute atomic E-state index is 0.487. The normalized spacial score (nSPS) is 31.5. The molecule has 0 aliphatic carbocycles. The van der Waals surface area contributed by atoms with Crippen molar-refractivity contribution in [1.82, 2.24) is 10.6 Å². The molecule has 10 atom stereocenters. The summed E-state index contributed by atoms with van der Waals surface area (Å²) in [5, 5.41) is 15.6. The van der Waals surface area contributed by atoms with Gasteiger partial charge in [-0.05, 0) is 0 Å². The van der Waals surface area contributed by atoms with Gasteiger partial charge in [-0.2, -0.15) is 0 Å². The summed E-state index contributed by atoms with van der Waals surface area (Å²) in [4.78, 5) is 83.4. The first-order valence-electron chi connectivity index (χ1n) is 13.5. The standard InChI is InChI=1S/C26H38N2O16/c1-10(29)27-19-23(41-15(6)34)21(39-13(4)32)17(43-25(19)36)9-38-26-20(28-11(2)30)24(42-16(7)35)22(40-14(5)33)18(44-26)8-37-12(3)31/h17-26,36H,8-9H2,1-7H3,(H,27,29)(H,28,30)/t17-,18-,19-,20-,21-,22-,23-,24-,25?,26-/m1/s1. The first kappa shape index (κ1) is 36.3. The number of rotatable bonds is 11. The van der Waals surface area contributed by atoms with Crippen molar-refractivity contribution in [2.45, 2.75) is 110 Å². The number of aliphatic hydroxyl groups is 1. The van der Waals surface area contributed by atoms with E-state index >= 15 is 0 Å². The van der Waals surface area contributed by atoms with Gasteiger partial charge in [-0.3, -0.25) is 33.6 Å². The molecule has 0 aromatic carbocycles. The summed E-state index contributed by atoms with van der Waals surface area (Å²) in [6.45, 7) is 6.64. The fraction of sp³-hybridized carbons (Fsp3) is 0.731. The molecule has 2 aliphatic heterocycles. The van der Waals surface area contributed by atoms with Crippen molar-refractivity contribution in [3.05, 3.63) is 0 Å². The highest BCUT2D eigenvalue weighted by atomic mass is 16.7. The number of nitrogens with one attached hydrogen (secondary N) is 2. The van der Waals surface area contributed by atoms with Crippen LogP contribution in [0.5, 0.6) is 0 Å². The van der Waals surface area contributed by atoms with E-state index in [0.29, 0.717) is 0 Å². The van der Waals surface area contributed by atoms with E-state index in [9.17, 15) is 38.7 Å². The van der Waals surface area contributed by atoms with Crippen molar-refractivity contribution >= 4 is 41.7 Å². The fourth-order valence-corrected chi connectivity index (χ4v) is 4.73. The second-order valence-electron chi connectivity index (χ2n) is 9.99. The second kappa shape index (κ2) is 16.3. The Morgan fingerprint density at radius 3 is 1.41 bits per heavy atom. The lowest BCUT2D eigenvalue weighted by Gasteiger charge is -2.46. The predicted octanol–water partition coefficient (Wildman–Crippen LogP) is -2.26. The van der Waals surface area contributed by atoms with E-state index in [0.717, 1.165) is 48.5 Å². The Bertz CT molecular complexity index is 1100. The van der Waals surface area contributed by atoms with Crippen LogP contribution >= 0.6 is 0 Å². The molecule has 18 nitrogen and oxygen atoms in total. The van der Waals surface area contributed by atoms with Gasteiger partial charge in [0.05, 0.1) is 6.61 Å². The van der Waals surface area contributed by atoms with E-state index < -0.39 is 116 Å². The van der Waals surface area contributed by atoms with Crippen LogP contribution in [0, 0.1) is 0 Å². The van der Waals surface area contributed by atoms with E-state index in [4.69, 9.17) is 37.9 Å². The van der Waals surface area contributed by atoms with Gasteiger partial charge < -0.3 is 53.6 Å². The minimum Gasteiger partial charge on any atom is -0.463 e. The lowest BCUT2D eigenvalue weighted by Crippen LogP contribution is -2.68. The minimum atomic E-state index is -1.78. The fourth-order valence-electron chi connectivity index (χ4n) is 4.73. The van der Waals surface area contributed by atoms with Crippen LogP contribution in [0.3, 0.4) is 0 Å². The molecule has 1 unspecified atom stereocenters. The Morgan fingerprint density at radius 2 is 0.977 bits per heavy atom. The lowest BCUT2D eigenvalue weighted by molar-refractivity contribution is -0.302. The maximum atomic E-state index is 12.2. The maximum Gasteiger partial charge on any atom is 0.303 e. The average molecular weight is 635 g/mol. The summed E-state index contributed by atoms with van der Waals surface area (Å²) in [5.41, 5.74) is 0. The topological polar surface area (TPSA) is 238 Å². The molecule has 18 heteroatoms. The molecule has 2 amide bonds. The van der Waals surface area contributed by atoms with Crippen LogP contribution < -0.4 is 10.6 Å². The van der Waals surface area contributed by atoms with Gasteiger partial charge in [-0.25, -0.2) is 0 Å². The smallest absolute Gasteiger partial charge is 0.303 e. The summed E-state index contributed by atoms with van der Waals surface area (Å²) in [6, 6.07) is -2.67. The molecule has 0 aromatic heterocycles. The summed E-state index contributed by atoms with van der Waals surface area (Å²) in [6.07, 6.45) is -11.6. The molecular formula is C26H38N2O16. The van der Waals surface area contributed by atoms with E-state index in [1.807, 2.05) is 0 Å². The Kier molecular flexibility index (Phi) is 13.4. The van der Waals surface area contributed by atoms with Crippen LogP contribution in [0.25, 0.3) is 0 Å². The highest BCUT2D eigenvalue weighted by Crippen LogP contribution is 2.30. The van der Waals surface area contributed by atoms with Crippen LogP contribution in [0.2, 0.25) is 0 Å². The molecule has 3 N–H and O–H groups in total. The van der Waals surface area contributed by atoms with Crippen LogP contribution in [0.4, 0.5) is 0 Å². The molecule has 248 valence electrons. The van der Waals surface area contributed by atoms with Gasteiger partial charge in [0.2, 0.25) is 11.8 Å². The summed E-state index contributed by atoms with van der Waals surface area (Å²) in [5.74, 6) is -5.23. The molecule has 2 fully saturated rings. The second-order valence-corrected chi connectivity index (χ2v) is 9.99. The van der Waals surface area contributed by atoms with Gasteiger partial charge in [0.15, 0.2) is 37.0 Å². The van der Waals surface area contributed by atoms with Crippen LogP contribution in [-0.4, -0.2) is 121 Å². The van der Waals surface area contributed by atoms with Crippen LogP contribution in [0.1, 0.15) is 48.5 Å². The third-order valence-electron chi connectivity index (χ3n) is 6.14. The monoisotopic (exact) mass is 634 g/mol. The lowest BCUT2D eigenvalue weighted by atomic mass is 9.95. The number of carbonyl (C=O) groups excluding carboxylic acids is 7. The zero-order valence-corrected chi connectivity index (χ0v) is 25.3. The third kappa shape index (κ3) is 10.7. The highest BCUT2D eigenvalue weighted by molar-refractivity contribution is 5.74. The number of carbonyl (C=O) groups is 7. The summed E-state index contributed by atoms with van der Waals surface area (Å²) in [7, 11) is 0. The van der Waals surface area contributed by atoms with Crippen molar-refractivity contribution in [3.63, 3.8) is 0 Å². The first-order chi connectivity index (χ1) is 20.5. The summed E-state index contributed by atoms with van der Waals surface area (Å²) < 4.78 is 43.8. The van der Waals surface area contributed by atoms with Gasteiger partial charge in [-0.1, -0.05) is 0 Å². The van der Waals surface area contributed by atoms with Gasteiger partial charge in [0.25, 0.3) is 0 Å². The SMILES string of the molecule is CC(=O)N[C@H]1[C@H](OC[C@H]2OC(O)[C@H](NC(C)=O)[C@@H](OC(C)=O)[C@@H]2OC(C)=O)O[C@H](COC(C)=O)[C@@H](OC(C)=O)[C@@H]1OC(C)=O. The van der Waals surface area contributed by atoms with Crippen LogP contribution in [-0.2, 0) is 71.5 Å². The molecule has 44 heavy (non-hydrogen) atoms. The van der Waals surface area contributed by atoms with Gasteiger partial charge in [0.1, 0.15) is 30.9 Å². The zero-order chi connectivity index (χ0) is 33.3. The Hall–Kier alpha value is -3.87. The average Bonchev–Trinajstić information content (AvgIpc) is 2.87. The number of hydrogen-bond acceptors (Lipinski definition) is 16. The van der Waals surface area contributed by atoms with E-state index in [1.165, 1.54) is 0 Å². The van der Waals surface area contributed by atoms with Gasteiger partial charge in [-0.15, -0.1) is 0 Å². The van der Waals surface area contributed by atoms with Crippen molar-refractivity contribution in [1.29, 1.82) is 0 Å². The molecule has 0 bridgehead atoms. The molecule has 0 radical (unpaired) electrons. The van der Waals surface area contributed by atoms with Crippen LogP contribution in [0.15, 0.2) is 0 Å². The van der Waals surface area contributed by atoms with Crippen molar-refractivity contribution in [2.75, 3.05) is 13.2 Å². The molecule has 0 saturated carbocycles. The van der Waals surface area contributed by atoms with Crippen molar-refractivity contribution in [2.24, 2.45) is 0 Å². The first-order valence-corrected chi connectivity index (χ1v) is 13.5. The third-order valence-corrected chi connectivity index (χ3v) is 6.14. The van der Waals surface area contributed by atoms with E-state index in [1.54, 1.807) is 0 Å². The van der Waals surface area contributed by atoms with Gasteiger partial charge in [0, 0.05) is 48.5 Å². The number of esters is 5. The number of hydrogen-bond donors (Lipinski definition) is 3. The molecular weight excluding hydrogens is 596 g/mol. The van der Waals surface area contributed by atoms with E-state index in [-0.39, 0.29) is 0 Å². The number of aliphatic hydroxyl groups excluding tert-OH is 1. The maximum absolute atomic E-state index is 12.2. The predicted molar refractivity (Wildman–Crippen MR) is 140 cm³/mol. The molecule has 2 rings (SSSR count). The molecule has 0 spiro atoms. The molecule has 2 aliphatic rings. The highest BCUT2D eigenvalue weighted by Gasteiger charge is 2.53. The zero-order valence-electron chi connectivity index (χ0n) is 25.3. The van der Waals surface area contributed by atoms with Crippen molar-refractivity contribution in [3.8, 4) is 0 Å². The largest absolute Gasteiger partial charge is 0.463 e. The van der Waals surface area contributed by atoms with Gasteiger partial charge >= 0.3 is 29.8 Å². The molecule has 2 saturated heterocycles. The Labute approximate surface area is 252 Å². The quantitative estimate of drug-likeness (QED) is 0.161. The Morgan fingerprint density at radius 1 is 0.568 bits per heavy atom. The molecule has 2 heterocycles. The van der Waals surface area contributed by atoms with E-state index in [2.05, 4.69) is 10.6 Å². The molecule has 0 aromatic rings. The number of ether oxygens (including phenoxy) is 8.